The summed E-state index contributed by atoms with van der Waals surface area (Å²) in [6.45, 7) is 6.68. The molecule has 1 atom stereocenters. The number of carbonyl (C=O) groups is 3. The zero-order valence-corrected chi connectivity index (χ0v) is 51.0. The highest BCUT2D eigenvalue weighted by molar-refractivity contribution is 5.71. The third-order valence-electron chi connectivity index (χ3n) is 15.1. The van der Waals surface area contributed by atoms with Crippen molar-refractivity contribution in [2.24, 2.45) is 0 Å². The van der Waals surface area contributed by atoms with Crippen molar-refractivity contribution in [3.8, 4) is 0 Å². The van der Waals surface area contributed by atoms with E-state index in [4.69, 9.17) is 14.2 Å². The van der Waals surface area contributed by atoms with Crippen molar-refractivity contribution in [2.45, 2.75) is 367 Å². The van der Waals surface area contributed by atoms with E-state index in [2.05, 4.69) is 69.4 Å². The summed E-state index contributed by atoms with van der Waals surface area (Å²) in [5.74, 6) is -0.859. The molecule has 0 aliphatic heterocycles. The monoisotopic (exact) mass is 1060 g/mol. The molecule has 0 aliphatic carbocycles. The Bertz CT molecular complexity index is 1310. The highest BCUT2D eigenvalue weighted by Gasteiger charge is 2.19. The van der Waals surface area contributed by atoms with Gasteiger partial charge in [-0.1, -0.05) is 307 Å². The van der Waals surface area contributed by atoms with Crippen LogP contribution < -0.4 is 0 Å². The average Bonchev–Trinajstić information content (AvgIpc) is 3.42. The quantitative estimate of drug-likeness (QED) is 0.0261. The summed E-state index contributed by atoms with van der Waals surface area (Å²) in [5, 5.41) is 0. The van der Waals surface area contributed by atoms with E-state index in [1.54, 1.807) is 0 Å². The van der Waals surface area contributed by atoms with E-state index >= 15 is 0 Å². The summed E-state index contributed by atoms with van der Waals surface area (Å²) in [5.41, 5.74) is 0. The van der Waals surface area contributed by atoms with Crippen molar-refractivity contribution in [3.63, 3.8) is 0 Å². The molecule has 6 heteroatoms. The Labute approximate surface area is 473 Å². The first-order valence-electron chi connectivity index (χ1n) is 33.6. The van der Waals surface area contributed by atoms with Crippen molar-refractivity contribution < 1.29 is 28.6 Å². The number of esters is 3. The molecule has 0 rings (SSSR count). The molecular weight excluding hydrogens is 937 g/mol. The van der Waals surface area contributed by atoms with Gasteiger partial charge in [-0.3, -0.25) is 14.4 Å². The molecule has 444 valence electrons. The Morgan fingerprint density at radius 1 is 0.263 bits per heavy atom. The molecule has 0 spiro atoms. The molecule has 0 aromatic carbocycles. The van der Waals surface area contributed by atoms with Crippen LogP contribution in [0.15, 0.2) is 48.6 Å². The smallest absolute Gasteiger partial charge is 0.306 e. The molecule has 6 nitrogen and oxygen atoms in total. The topological polar surface area (TPSA) is 78.9 Å². The summed E-state index contributed by atoms with van der Waals surface area (Å²) in [4.78, 5) is 38.4. The lowest BCUT2D eigenvalue weighted by Gasteiger charge is -2.18. The largest absolute Gasteiger partial charge is 0.462 e. The van der Waals surface area contributed by atoms with Crippen LogP contribution in [-0.2, 0) is 28.6 Å². The maximum atomic E-state index is 12.9. The lowest BCUT2D eigenvalue weighted by atomic mass is 10.0. The lowest BCUT2D eigenvalue weighted by Crippen LogP contribution is -2.30. The number of hydrogen-bond acceptors (Lipinski definition) is 6. The van der Waals surface area contributed by atoms with Crippen molar-refractivity contribution >= 4 is 17.9 Å². The fourth-order valence-electron chi connectivity index (χ4n) is 9.98. The Morgan fingerprint density at radius 3 is 0.750 bits per heavy atom. The number of ether oxygens (including phenoxy) is 3. The van der Waals surface area contributed by atoms with Crippen LogP contribution in [-0.4, -0.2) is 37.2 Å². The van der Waals surface area contributed by atoms with Gasteiger partial charge in [0.1, 0.15) is 13.2 Å². The van der Waals surface area contributed by atoms with Gasteiger partial charge in [0.25, 0.3) is 0 Å². The summed E-state index contributed by atoms with van der Waals surface area (Å²) in [7, 11) is 0. The Hall–Kier alpha value is -2.63. The molecule has 76 heavy (non-hydrogen) atoms. The van der Waals surface area contributed by atoms with E-state index in [0.29, 0.717) is 19.3 Å². The number of rotatable bonds is 62. The second-order valence-corrected chi connectivity index (χ2v) is 22.7. The SMILES string of the molecule is CCCCCCC/C=C\C/C=C\C/C=C\CCCCCCCCCCC(=O)OCC(COC(=O)CCCCCCCCCCCCCCCC)OC(=O)CCCCCCCCCCC/C=C\CCCCCCCCCC. The van der Waals surface area contributed by atoms with E-state index < -0.39 is 6.10 Å². The summed E-state index contributed by atoms with van der Waals surface area (Å²) in [6.07, 6.45) is 81.2. The van der Waals surface area contributed by atoms with E-state index in [9.17, 15) is 14.4 Å². The van der Waals surface area contributed by atoms with Gasteiger partial charge in [-0.25, -0.2) is 0 Å². The minimum Gasteiger partial charge on any atom is -0.462 e. The fourth-order valence-corrected chi connectivity index (χ4v) is 9.98. The van der Waals surface area contributed by atoms with E-state index in [0.717, 1.165) is 77.0 Å². The first-order chi connectivity index (χ1) is 37.5. The van der Waals surface area contributed by atoms with E-state index in [1.165, 1.54) is 244 Å². The van der Waals surface area contributed by atoms with Crippen LogP contribution in [0.5, 0.6) is 0 Å². The zero-order valence-electron chi connectivity index (χ0n) is 51.0. The molecule has 0 aromatic rings. The number of allylic oxidation sites excluding steroid dienone is 8. The molecule has 0 heterocycles. The van der Waals surface area contributed by atoms with E-state index in [-0.39, 0.29) is 31.1 Å². The normalized spacial score (nSPS) is 12.3. The Morgan fingerprint density at radius 2 is 0.474 bits per heavy atom. The third kappa shape index (κ3) is 62.2. The standard InChI is InChI=1S/C70H128O6/c1-4-7-10-13-16-19-22-25-28-30-32-34-35-37-38-40-42-45-48-51-54-57-60-63-69(72)75-66-67(65-74-68(71)62-59-56-53-50-47-44-27-24-21-18-15-12-9-6-3)76-70(73)64-61-58-55-52-49-46-43-41-39-36-33-31-29-26-23-20-17-14-11-8-5-2/h22,25,30-33,35,37,67H,4-21,23-24,26-29,34,36,38-66H2,1-3H3/b25-22-,32-30-,33-31-,37-35-. The zero-order chi connectivity index (χ0) is 55.0. The minimum absolute atomic E-state index is 0.0723. The van der Waals surface area contributed by atoms with Crippen molar-refractivity contribution in [3.05, 3.63) is 48.6 Å². The highest BCUT2D eigenvalue weighted by Crippen LogP contribution is 2.17. The minimum atomic E-state index is -0.776. The molecule has 0 saturated heterocycles. The van der Waals surface area contributed by atoms with Crippen LogP contribution in [0.1, 0.15) is 361 Å². The van der Waals surface area contributed by atoms with Crippen molar-refractivity contribution in [2.75, 3.05) is 13.2 Å². The van der Waals surface area contributed by atoms with Gasteiger partial charge < -0.3 is 14.2 Å². The van der Waals surface area contributed by atoms with Gasteiger partial charge in [0.2, 0.25) is 0 Å². The molecule has 0 N–H and O–H groups in total. The van der Waals surface area contributed by atoms with Gasteiger partial charge in [-0.15, -0.1) is 0 Å². The number of unbranched alkanes of at least 4 members (excludes halogenated alkanes) is 43. The Kier molecular flexibility index (Phi) is 62.6. The first-order valence-corrected chi connectivity index (χ1v) is 33.6. The lowest BCUT2D eigenvalue weighted by molar-refractivity contribution is -0.167. The Balaban J connectivity index is 4.32. The van der Waals surface area contributed by atoms with Gasteiger partial charge in [0.15, 0.2) is 6.10 Å². The molecule has 0 saturated carbocycles. The van der Waals surface area contributed by atoms with Crippen LogP contribution in [0.3, 0.4) is 0 Å². The summed E-state index contributed by atoms with van der Waals surface area (Å²) >= 11 is 0. The summed E-state index contributed by atoms with van der Waals surface area (Å²) in [6, 6.07) is 0. The van der Waals surface area contributed by atoms with Gasteiger partial charge in [-0.05, 0) is 83.5 Å². The second-order valence-electron chi connectivity index (χ2n) is 22.7. The van der Waals surface area contributed by atoms with Gasteiger partial charge in [0.05, 0.1) is 0 Å². The maximum Gasteiger partial charge on any atom is 0.306 e. The van der Waals surface area contributed by atoms with Crippen LogP contribution in [0.25, 0.3) is 0 Å². The third-order valence-corrected chi connectivity index (χ3v) is 15.1. The molecule has 0 bridgehead atoms. The fraction of sp³-hybridized carbons (Fsp3) is 0.843. The number of carbonyl (C=O) groups excluding carboxylic acids is 3. The second kappa shape index (κ2) is 64.9. The average molecular weight is 1070 g/mol. The molecular formula is C70H128O6. The van der Waals surface area contributed by atoms with Crippen LogP contribution in [0.2, 0.25) is 0 Å². The van der Waals surface area contributed by atoms with Crippen molar-refractivity contribution in [1.29, 1.82) is 0 Å². The molecule has 0 radical (unpaired) electrons. The molecule has 0 aliphatic rings. The molecule has 0 fully saturated rings. The van der Waals surface area contributed by atoms with Gasteiger partial charge in [-0.2, -0.15) is 0 Å². The van der Waals surface area contributed by atoms with Gasteiger partial charge >= 0.3 is 17.9 Å². The maximum absolute atomic E-state index is 12.9. The first kappa shape index (κ1) is 73.4. The van der Waals surface area contributed by atoms with Crippen LogP contribution in [0.4, 0.5) is 0 Å². The predicted molar refractivity (Wildman–Crippen MR) is 330 cm³/mol. The summed E-state index contributed by atoms with van der Waals surface area (Å²) < 4.78 is 17.0. The van der Waals surface area contributed by atoms with Gasteiger partial charge in [0, 0.05) is 19.3 Å². The molecule has 0 aromatic heterocycles. The van der Waals surface area contributed by atoms with Crippen molar-refractivity contribution in [1.82, 2.24) is 0 Å². The highest BCUT2D eigenvalue weighted by atomic mass is 16.6. The van der Waals surface area contributed by atoms with E-state index in [1.807, 2.05) is 0 Å². The van der Waals surface area contributed by atoms with Crippen LogP contribution >= 0.6 is 0 Å². The molecule has 0 amide bonds. The van der Waals surface area contributed by atoms with Crippen LogP contribution in [0, 0.1) is 0 Å². The predicted octanol–water partition coefficient (Wildman–Crippen LogP) is 22.9. The molecule has 1 unspecified atom stereocenters. The number of hydrogen-bond donors (Lipinski definition) is 0.